The van der Waals surface area contributed by atoms with E-state index >= 15 is 0 Å². The second-order valence-corrected chi connectivity index (χ2v) is 8.45. The lowest BCUT2D eigenvalue weighted by Crippen LogP contribution is -2.23. The van der Waals surface area contributed by atoms with Crippen LogP contribution in [-0.4, -0.2) is 32.7 Å². The standard InChI is InChI=1S/C15H13Cl3N2O3S/c1-20(2)24(22,23)14-5-9(3-4-13(14)18)15(21)19-12-7-10(16)6-11(17)8-12/h3-8H,1-2H3,(H,19,21). The zero-order valence-electron chi connectivity index (χ0n) is 12.7. The Morgan fingerprint density at radius 3 is 2.12 bits per heavy atom. The fourth-order valence-electron chi connectivity index (χ4n) is 1.87. The number of sulfonamides is 1. The Bertz CT molecular complexity index is 879. The molecule has 2 aromatic rings. The van der Waals surface area contributed by atoms with Crippen LogP contribution in [0.5, 0.6) is 0 Å². The monoisotopic (exact) mass is 406 g/mol. The number of amides is 1. The molecule has 2 rings (SSSR count). The Hall–Kier alpha value is -1.31. The molecule has 0 aromatic heterocycles. The molecule has 0 heterocycles. The SMILES string of the molecule is CN(C)S(=O)(=O)c1cc(C(=O)Nc2cc(Cl)cc(Cl)c2)ccc1Cl. The van der Waals surface area contributed by atoms with Gasteiger partial charge >= 0.3 is 0 Å². The molecule has 0 spiro atoms. The maximum Gasteiger partial charge on any atom is 0.255 e. The van der Waals surface area contributed by atoms with Gasteiger partial charge in [0.15, 0.2) is 0 Å². The van der Waals surface area contributed by atoms with E-state index in [1.54, 1.807) is 0 Å². The molecule has 0 aliphatic carbocycles. The molecule has 0 saturated carbocycles. The van der Waals surface area contributed by atoms with Gasteiger partial charge < -0.3 is 5.32 Å². The van der Waals surface area contributed by atoms with Crippen molar-refractivity contribution in [2.24, 2.45) is 0 Å². The third-order valence-electron chi connectivity index (χ3n) is 3.07. The van der Waals surface area contributed by atoms with Gasteiger partial charge in [-0.25, -0.2) is 12.7 Å². The largest absolute Gasteiger partial charge is 0.322 e. The number of carbonyl (C=O) groups excluding carboxylic acids is 1. The summed E-state index contributed by atoms with van der Waals surface area (Å²) in [7, 11) is -1.01. The summed E-state index contributed by atoms with van der Waals surface area (Å²) in [5.74, 6) is -0.514. The van der Waals surface area contributed by atoms with Gasteiger partial charge in [-0.1, -0.05) is 34.8 Å². The lowest BCUT2D eigenvalue weighted by Gasteiger charge is -2.14. The Labute approximate surface area is 155 Å². The zero-order chi connectivity index (χ0) is 18.1. The third kappa shape index (κ3) is 4.20. The van der Waals surface area contributed by atoms with E-state index in [1.807, 2.05) is 0 Å². The second kappa shape index (κ2) is 7.29. The van der Waals surface area contributed by atoms with Crippen LogP contribution in [0.15, 0.2) is 41.3 Å². The summed E-state index contributed by atoms with van der Waals surface area (Å²) >= 11 is 17.7. The molecule has 0 aliphatic rings. The highest BCUT2D eigenvalue weighted by Crippen LogP contribution is 2.26. The van der Waals surface area contributed by atoms with Crippen LogP contribution in [-0.2, 0) is 10.0 Å². The smallest absolute Gasteiger partial charge is 0.255 e. The van der Waals surface area contributed by atoms with Gasteiger partial charge in [0.05, 0.1) is 5.02 Å². The van der Waals surface area contributed by atoms with Gasteiger partial charge in [0.25, 0.3) is 5.91 Å². The molecule has 1 amide bonds. The summed E-state index contributed by atoms with van der Waals surface area (Å²) in [6, 6.07) is 8.59. The molecular formula is C15H13Cl3N2O3S. The molecule has 0 radical (unpaired) electrons. The predicted molar refractivity (Wildman–Crippen MR) is 96.7 cm³/mol. The first-order valence-electron chi connectivity index (χ1n) is 6.61. The van der Waals surface area contributed by atoms with Gasteiger partial charge in [0, 0.05) is 35.4 Å². The first-order chi connectivity index (χ1) is 11.1. The molecule has 2 aromatic carbocycles. The van der Waals surface area contributed by atoms with E-state index in [0.29, 0.717) is 15.7 Å². The predicted octanol–water partition coefficient (Wildman–Crippen LogP) is 4.15. The van der Waals surface area contributed by atoms with E-state index in [2.05, 4.69) is 5.32 Å². The molecule has 24 heavy (non-hydrogen) atoms. The molecule has 9 heteroatoms. The first kappa shape index (κ1) is 19.0. The minimum atomic E-state index is -3.77. The van der Waals surface area contributed by atoms with Crippen LogP contribution in [0, 0.1) is 0 Å². The van der Waals surface area contributed by atoms with E-state index in [4.69, 9.17) is 34.8 Å². The number of halogens is 3. The minimum absolute atomic E-state index is 0.0334. The lowest BCUT2D eigenvalue weighted by molar-refractivity contribution is 0.102. The van der Waals surface area contributed by atoms with Crippen molar-refractivity contribution >= 4 is 56.4 Å². The molecule has 0 saturated heterocycles. The van der Waals surface area contributed by atoms with Crippen molar-refractivity contribution < 1.29 is 13.2 Å². The molecule has 0 bridgehead atoms. The van der Waals surface area contributed by atoms with Gasteiger partial charge in [-0.3, -0.25) is 4.79 Å². The quantitative estimate of drug-likeness (QED) is 0.828. The molecular weight excluding hydrogens is 395 g/mol. The first-order valence-corrected chi connectivity index (χ1v) is 9.18. The fraction of sp³-hybridized carbons (Fsp3) is 0.133. The Kier molecular flexibility index (Phi) is 5.78. The Balaban J connectivity index is 2.37. The second-order valence-electron chi connectivity index (χ2n) is 5.04. The molecule has 128 valence electrons. The van der Waals surface area contributed by atoms with Crippen LogP contribution in [0.25, 0.3) is 0 Å². The summed E-state index contributed by atoms with van der Waals surface area (Å²) in [5.41, 5.74) is 0.528. The summed E-state index contributed by atoms with van der Waals surface area (Å²) in [6.07, 6.45) is 0. The van der Waals surface area contributed by atoms with Crippen LogP contribution in [0.2, 0.25) is 15.1 Å². The van der Waals surface area contributed by atoms with E-state index in [1.165, 1.54) is 50.5 Å². The number of rotatable bonds is 4. The van der Waals surface area contributed by atoms with Gasteiger partial charge in [-0.15, -0.1) is 0 Å². The number of hydrogen-bond acceptors (Lipinski definition) is 3. The number of nitrogens with one attached hydrogen (secondary N) is 1. The number of anilines is 1. The van der Waals surface area contributed by atoms with Crippen LogP contribution in [0.3, 0.4) is 0 Å². The third-order valence-corrected chi connectivity index (χ3v) is 5.81. The Morgan fingerprint density at radius 2 is 1.58 bits per heavy atom. The average Bonchev–Trinajstić information content (AvgIpc) is 2.46. The fourth-order valence-corrected chi connectivity index (χ4v) is 3.79. The van der Waals surface area contributed by atoms with Gasteiger partial charge in [0.2, 0.25) is 10.0 Å². The van der Waals surface area contributed by atoms with E-state index in [0.717, 1.165) is 4.31 Å². The topological polar surface area (TPSA) is 66.5 Å². The van der Waals surface area contributed by atoms with E-state index < -0.39 is 15.9 Å². The summed E-state index contributed by atoms with van der Waals surface area (Å²) in [6.45, 7) is 0. The molecule has 0 aliphatic heterocycles. The van der Waals surface area contributed by atoms with Crippen molar-refractivity contribution in [1.29, 1.82) is 0 Å². The van der Waals surface area contributed by atoms with Crippen molar-refractivity contribution in [3.63, 3.8) is 0 Å². The molecule has 1 N–H and O–H groups in total. The highest BCUT2D eigenvalue weighted by Gasteiger charge is 2.22. The van der Waals surface area contributed by atoms with Crippen molar-refractivity contribution in [1.82, 2.24) is 4.31 Å². The molecule has 5 nitrogen and oxygen atoms in total. The average molecular weight is 408 g/mol. The van der Waals surface area contributed by atoms with Crippen molar-refractivity contribution in [3.8, 4) is 0 Å². The van der Waals surface area contributed by atoms with E-state index in [9.17, 15) is 13.2 Å². The molecule has 0 fully saturated rings. The summed E-state index contributed by atoms with van der Waals surface area (Å²) in [4.78, 5) is 12.2. The normalized spacial score (nSPS) is 11.6. The Morgan fingerprint density at radius 1 is 1.00 bits per heavy atom. The number of nitrogens with zero attached hydrogens (tertiary/aromatic N) is 1. The van der Waals surface area contributed by atoms with Crippen molar-refractivity contribution in [2.45, 2.75) is 4.90 Å². The van der Waals surface area contributed by atoms with Crippen LogP contribution in [0.4, 0.5) is 5.69 Å². The number of benzene rings is 2. The van der Waals surface area contributed by atoms with Crippen molar-refractivity contribution in [3.05, 3.63) is 57.0 Å². The zero-order valence-corrected chi connectivity index (χ0v) is 15.8. The lowest BCUT2D eigenvalue weighted by atomic mass is 10.2. The number of carbonyl (C=O) groups is 1. The highest BCUT2D eigenvalue weighted by atomic mass is 35.5. The number of hydrogen-bond donors (Lipinski definition) is 1. The molecule has 0 unspecified atom stereocenters. The highest BCUT2D eigenvalue weighted by molar-refractivity contribution is 7.89. The van der Waals surface area contributed by atoms with Gasteiger partial charge in [-0.05, 0) is 36.4 Å². The maximum atomic E-state index is 12.3. The van der Waals surface area contributed by atoms with Gasteiger partial charge in [-0.2, -0.15) is 0 Å². The van der Waals surface area contributed by atoms with Crippen molar-refractivity contribution in [2.75, 3.05) is 19.4 Å². The van der Waals surface area contributed by atoms with Gasteiger partial charge in [0.1, 0.15) is 4.90 Å². The van der Waals surface area contributed by atoms with E-state index in [-0.39, 0.29) is 15.5 Å². The molecule has 0 atom stereocenters. The van der Waals surface area contributed by atoms with Crippen LogP contribution >= 0.6 is 34.8 Å². The maximum absolute atomic E-state index is 12.3. The summed E-state index contributed by atoms with van der Waals surface area (Å²) < 4.78 is 25.5. The minimum Gasteiger partial charge on any atom is -0.322 e. The summed E-state index contributed by atoms with van der Waals surface area (Å²) in [5, 5.41) is 3.37. The van der Waals surface area contributed by atoms with Crippen LogP contribution < -0.4 is 5.32 Å². The van der Waals surface area contributed by atoms with Crippen LogP contribution in [0.1, 0.15) is 10.4 Å².